The van der Waals surface area contributed by atoms with E-state index in [9.17, 15) is 22.8 Å². The normalized spacial score (nSPS) is 15.6. The third-order valence-corrected chi connectivity index (χ3v) is 7.91. The molecule has 0 atom stereocenters. The van der Waals surface area contributed by atoms with E-state index in [2.05, 4.69) is 15.2 Å². The number of carbonyl (C=O) groups is 1. The van der Waals surface area contributed by atoms with Crippen molar-refractivity contribution in [3.8, 4) is 0 Å². The van der Waals surface area contributed by atoms with Gasteiger partial charge in [-0.1, -0.05) is 0 Å². The maximum Gasteiger partial charge on any atom is 0.332 e. The van der Waals surface area contributed by atoms with Crippen LogP contribution in [0.15, 0.2) is 27.4 Å². The van der Waals surface area contributed by atoms with E-state index in [1.54, 1.807) is 11.9 Å². The minimum Gasteiger partial charge on any atom is -0.341 e. The fraction of sp³-hybridized carbons (Fsp3) is 0.529. The van der Waals surface area contributed by atoms with Crippen LogP contribution in [-0.2, 0) is 42.3 Å². The first kappa shape index (κ1) is 21.0. The third-order valence-electron chi connectivity index (χ3n) is 5.68. The zero-order valence-electron chi connectivity index (χ0n) is 17.3. The highest BCUT2D eigenvalue weighted by Gasteiger charge is 2.35. The topological polar surface area (TPSA) is 147 Å². The quantitative estimate of drug-likeness (QED) is 0.445. The van der Waals surface area contributed by atoms with Crippen LogP contribution in [0.5, 0.6) is 0 Å². The number of hydrogen-bond acceptors (Lipinski definition) is 8. The Bertz CT molecular complexity index is 1390. The van der Waals surface area contributed by atoms with Crippen molar-refractivity contribution in [1.82, 2.24) is 38.3 Å². The van der Waals surface area contributed by atoms with Gasteiger partial charge in [-0.15, -0.1) is 10.2 Å². The first-order valence-electron chi connectivity index (χ1n) is 9.59. The Balaban J connectivity index is 1.50. The number of piperidine rings is 1. The molecule has 1 fully saturated rings. The van der Waals surface area contributed by atoms with Gasteiger partial charge in [-0.25, -0.2) is 18.2 Å². The van der Waals surface area contributed by atoms with Crippen molar-refractivity contribution in [2.75, 3.05) is 13.1 Å². The van der Waals surface area contributed by atoms with Crippen molar-refractivity contribution in [3.63, 3.8) is 0 Å². The molecule has 1 aliphatic heterocycles. The molecule has 4 rings (SSSR count). The first-order valence-corrected chi connectivity index (χ1v) is 11.1. The number of imidazole rings is 1. The van der Waals surface area contributed by atoms with Gasteiger partial charge in [-0.2, -0.15) is 0 Å². The van der Waals surface area contributed by atoms with E-state index in [1.165, 1.54) is 40.5 Å². The van der Waals surface area contributed by atoms with Gasteiger partial charge in [-0.3, -0.25) is 18.7 Å². The molecule has 3 aromatic rings. The zero-order chi connectivity index (χ0) is 22.5. The zero-order valence-corrected chi connectivity index (χ0v) is 18.1. The van der Waals surface area contributed by atoms with Crippen molar-refractivity contribution in [2.45, 2.75) is 29.8 Å². The summed E-state index contributed by atoms with van der Waals surface area (Å²) in [5, 5.41) is 6.61. The number of fused-ring (bicyclic) bond motifs is 1. The molecule has 0 radical (unpaired) electrons. The van der Waals surface area contributed by atoms with Gasteiger partial charge in [0.15, 0.2) is 11.2 Å². The molecular weight excluding hydrogens is 428 g/mol. The molecule has 14 heteroatoms. The molecule has 0 aliphatic carbocycles. The molecule has 0 N–H and O–H groups in total. The highest BCUT2D eigenvalue weighted by molar-refractivity contribution is 7.91. The number of amides is 1. The molecule has 166 valence electrons. The van der Waals surface area contributed by atoms with Crippen LogP contribution in [0.2, 0.25) is 0 Å². The number of rotatable bonds is 4. The first-order chi connectivity index (χ1) is 14.6. The molecule has 1 saturated heterocycles. The van der Waals surface area contributed by atoms with Crippen molar-refractivity contribution in [2.24, 2.45) is 21.1 Å². The molecule has 4 heterocycles. The number of likely N-dealkylation sites (tertiary alicyclic amines) is 1. The van der Waals surface area contributed by atoms with Crippen LogP contribution in [0.25, 0.3) is 11.2 Å². The Hall–Kier alpha value is -3.29. The Kier molecular flexibility index (Phi) is 5.03. The van der Waals surface area contributed by atoms with Crippen LogP contribution in [-0.4, -0.2) is 71.0 Å². The largest absolute Gasteiger partial charge is 0.341 e. The molecule has 0 spiro atoms. The lowest BCUT2D eigenvalue weighted by atomic mass is 10.1. The Morgan fingerprint density at radius 3 is 2.39 bits per heavy atom. The maximum atomic E-state index is 12.8. The van der Waals surface area contributed by atoms with Crippen molar-refractivity contribution < 1.29 is 13.2 Å². The number of nitrogens with zero attached hydrogens (tertiary/aromatic N) is 8. The smallest absolute Gasteiger partial charge is 0.332 e. The van der Waals surface area contributed by atoms with E-state index in [4.69, 9.17) is 0 Å². The van der Waals surface area contributed by atoms with Gasteiger partial charge in [0.05, 0.1) is 11.6 Å². The van der Waals surface area contributed by atoms with Crippen molar-refractivity contribution in [1.29, 1.82) is 0 Å². The lowest BCUT2D eigenvalue weighted by molar-refractivity contribution is -0.132. The summed E-state index contributed by atoms with van der Waals surface area (Å²) < 4.78 is 30.5. The summed E-state index contributed by atoms with van der Waals surface area (Å²) in [5.41, 5.74) is -0.663. The van der Waals surface area contributed by atoms with E-state index >= 15 is 0 Å². The van der Waals surface area contributed by atoms with Gasteiger partial charge in [0.25, 0.3) is 5.56 Å². The van der Waals surface area contributed by atoms with Crippen LogP contribution in [0.3, 0.4) is 0 Å². The Morgan fingerprint density at radius 2 is 1.77 bits per heavy atom. The fourth-order valence-electron chi connectivity index (χ4n) is 3.86. The lowest BCUT2D eigenvalue weighted by Crippen LogP contribution is -2.44. The van der Waals surface area contributed by atoms with Crippen molar-refractivity contribution in [3.05, 3.63) is 33.5 Å². The number of carbonyl (C=O) groups excluding carboxylic acids is 1. The Morgan fingerprint density at radius 1 is 1.10 bits per heavy atom. The minimum absolute atomic E-state index is 0.0800. The molecule has 1 amide bonds. The van der Waals surface area contributed by atoms with E-state index in [0.717, 1.165) is 4.57 Å². The van der Waals surface area contributed by atoms with Crippen LogP contribution >= 0.6 is 0 Å². The van der Waals surface area contributed by atoms with Crippen LogP contribution in [0.1, 0.15) is 12.8 Å². The van der Waals surface area contributed by atoms with Gasteiger partial charge in [0, 0.05) is 34.2 Å². The lowest BCUT2D eigenvalue weighted by Gasteiger charge is -2.31. The van der Waals surface area contributed by atoms with E-state index in [-0.39, 0.29) is 54.7 Å². The van der Waals surface area contributed by atoms with Crippen LogP contribution in [0.4, 0.5) is 0 Å². The SMILES string of the molecule is Cn1cnnc1S(=O)(=O)C1CCN(C(=O)Cn2cnc3c2c(=O)n(C)c(=O)n3C)CC1. The van der Waals surface area contributed by atoms with Gasteiger partial charge in [-0.05, 0) is 12.8 Å². The third kappa shape index (κ3) is 3.36. The molecule has 3 aromatic heterocycles. The highest BCUT2D eigenvalue weighted by Crippen LogP contribution is 2.23. The van der Waals surface area contributed by atoms with E-state index in [1.807, 2.05) is 0 Å². The standard InChI is InChI=1S/C17H22N8O5S/c1-21-10-19-20-16(21)31(29,30)11-4-6-24(7-5-11)12(26)8-25-9-18-14-13(25)15(27)23(3)17(28)22(14)2/h9-11H,4-8H2,1-3H3. The molecule has 0 unspecified atom stereocenters. The molecule has 0 bridgehead atoms. The molecular formula is C17H22N8O5S. The summed E-state index contributed by atoms with van der Waals surface area (Å²) in [6.07, 6.45) is 3.25. The molecule has 0 aromatic carbocycles. The average Bonchev–Trinajstić information content (AvgIpc) is 3.37. The number of hydrogen-bond donors (Lipinski definition) is 0. The summed E-state index contributed by atoms with van der Waals surface area (Å²) in [7, 11) is 0.806. The monoisotopic (exact) mass is 450 g/mol. The van der Waals surface area contributed by atoms with Gasteiger partial charge in [0.1, 0.15) is 12.9 Å². The molecule has 0 saturated carbocycles. The molecule has 31 heavy (non-hydrogen) atoms. The molecule has 1 aliphatic rings. The van der Waals surface area contributed by atoms with Gasteiger partial charge in [0.2, 0.25) is 20.9 Å². The van der Waals surface area contributed by atoms with Gasteiger partial charge >= 0.3 is 5.69 Å². The predicted octanol–water partition coefficient (Wildman–Crippen LogP) is -1.97. The summed E-state index contributed by atoms with van der Waals surface area (Å²) in [4.78, 5) is 43.1. The number of aromatic nitrogens is 7. The van der Waals surface area contributed by atoms with E-state index < -0.39 is 26.3 Å². The highest BCUT2D eigenvalue weighted by atomic mass is 32.2. The minimum atomic E-state index is -3.64. The predicted molar refractivity (Wildman–Crippen MR) is 108 cm³/mol. The fourth-order valence-corrected chi connectivity index (χ4v) is 5.60. The Labute approximate surface area is 176 Å². The maximum absolute atomic E-state index is 12.8. The molecule has 13 nitrogen and oxygen atoms in total. The summed E-state index contributed by atoms with van der Waals surface area (Å²) >= 11 is 0. The number of sulfone groups is 1. The van der Waals surface area contributed by atoms with Crippen molar-refractivity contribution >= 4 is 26.9 Å². The van der Waals surface area contributed by atoms with Gasteiger partial charge < -0.3 is 14.0 Å². The summed E-state index contributed by atoms with van der Waals surface area (Å²) in [6.45, 7) is 0.401. The van der Waals surface area contributed by atoms with Crippen LogP contribution in [0, 0.1) is 0 Å². The summed E-state index contributed by atoms with van der Waals surface area (Å²) in [5.74, 6) is -0.260. The second-order valence-electron chi connectivity index (χ2n) is 7.60. The second kappa shape index (κ2) is 7.44. The summed E-state index contributed by atoms with van der Waals surface area (Å²) in [6, 6.07) is 0. The van der Waals surface area contributed by atoms with Crippen LogP contribution < -0.4 is 11.2 Å². The average molecular weight is 450 g/mol. The van der Waals surface area contributed by atoms with E-state index in [0.29, 0.717) is 0 Å². The number of aryl methyl sites for hydroxylation is 2. The second-order valence-corrected chi connectivity index (χ2v) is 9.72.